The van der Waals surface area contributed by atoms with Crippen LogP contribution in [-0.4, -0.2) is 9.86 Å². The minimum Gasteiger partial charge on any atom is -0.282 e. The Morgan fingerprint density at radius 3 is 1.96 bits per heavy atom. The van der Waals surface area contributed by atoms with Crippen LogP contribution < -0.4 is 0 Å². The van der Waals surface area contributed by atoms with Crippen LogP contribution in [-0.2, 0) is 0 Å². The monoisotopic (exact) mass is 346 g/mol. The minimum absolute atomic E-state index is 0.103. The third-order valence-electron chi connectivity index (χ3n) is 4.58. The molecule has 0 spiro atoms. The fourth-order valence-corrected chi connectivity index (χ4v) is 4.19. The van der Waals surface area contributed by atoms with Crippen LogP contribution in [0, 0.1) is 0 Å². The van der Waals surface area contributed by atoms with Gasteiger partial charge in [-0.25, -0.2) is 0 Å². The van der Waals surface area contributed by atoms with Gasteiger partial charge in [-0.1, -0.05) is 113 Å². The molecule has 1 rings (SSSR count). The Balaban J connectivity index is 2.72. The summed E-state index contributed by atoms with van der Waals surface area (Å²) in [5.41, 5.74) is 0.802. The molecule has 1 nitrogen and oxygen atoms in total. The first-order chi connectivity index (χ1) is 11.7. The zero-order valence-electron chi connectivity index (χ0n) is 15.6. The van der Waals surface area contributed by atoms with Gasteiger partial charge in [-0.05, 0) is 12.8 Å². The highest BCUT2D eigenvalue weighted by Crippen LogP contribution is 2.39. The molecule has 0 N–H and O–H groups in total. The zero-order valence-corrected chi connectivity index (χ0v) is 16.4. The average Bonchev–Trinajstić information content (AvgIpc) is 2.62. The van der Waals surface area contributed by atoms with Crippen molar-refractivity contribution in [3.8, 4) is 0 Å². The Kier molecular flexibility index (Phi) is 10.8. The molecular formula is C22H34OS. The van der Waals surface area contributed by atoms with Gasteiger partial charge in [0.15, 0.2) is 0 Å². The first-order valence-electron chi connectivity index (χ1n) is 9.59. The second-order valence-electron chi connectivity index (χ2n) is 6.65. The molecule has 0 heterocycles. The van der Waals surface area contributed by atoms with Crippen molar-refractivity contribution >= 4 is 16.9 Å². The summed E-state index contributed by atoms with van der Waals surface area (Å²) >= 11 is 1.50. The Morgan fingerprint density at radius 2 is 1.50 bits per heavy atom. The number of rotatable bonds is 13. The molecular weight excluding hydrogens is 312 g/mol. The summed E-state index contributed by atoms with van der Waals surface area (Å²) in [6, 6.07) is 9.66. The number of hydrogen-bond donors (Lipinski definition) is 0. The van der Waals surface area contributed by atoms with Gasteiger partial charge in [0.05, 0.1) is 0 Å². The lowest BCUT2D eigenvalue weighted by Crippen LogP contribution is -2.24. The van der Waals surface area contributed by atoms with Crippen LogP contribution in [0.4, 0.5) is 0 Å². The predicted molar refractivity (Wildman–Crippen MR) is 109 cm³/mol. The van der Waals surface area contributed by atoms with Crippen LogP contribution in [0.15, 0.2) is 43.0 Å². The third kappa shape index (κ3) is 7.70. The highest BCUT2D eigenvalue weighted by Gasteiger charge is 2.30. The molecule has 0 aliphatic rings. The molecule has 0 fully saturated rings. The minimum atomic E-state index is -0.103. The number of unbranched alkanes of at least 4 members (excludes halogenated alkanes) is 6. The van der Waals surface area contributed by atoms with E-state index in [1.807, 2.05) is 30.3 Å². The summed E-state index contributed by atoms with van der Waals surface area (Å²) in [6.45, 7) is 8.58. The molecule has 0 amide bonds. The van der Waals surface area contributed by atoms with Crippen molar-refractivity contribution in [3.63, 3.8) is 0 Å². The number of hydrogen-bond acceptors (Lipinski definition) is 2. The first kappa shape index (κ1) is 21.0. The maximum absolute atomic E-state index is 12.7. The first-order valence-corrected chi connectivity index (χ1v) is 10.4. The molecule has 0 aliphatic carbocycles. The van der Waals surface area contributed by atoms with Crippen molar-refractivity contribution in [1.82, 2.24) is 0 Å². The molecule has 1 aromatic rings. The second-order valence-corrected chi connectivity index (χ2v) is 8.03. The normalized spacial score (nSPS) is 11.4. The quantitative estimate of drug-likeness (QED) is 0.273. The van der Waals surface area contributed by atoms with Crippen LogP contribution in [0.5, 0.6) is 0 Å². The summed E-state index contributed by atoms with van der Waals surface area (Å²) in [5, 5.41) is 0.182. The van der Waals surface area contributed by atoms with Crippen molar-refractivity contribution < 1.29 is 4.79 Å². The van der Waals surface area contributed by atoms with E-state index in [1.54, 1.807) is 0 Å². The Hall–Kier alpha value is -1.02. The number of benzene rings is 1. The SMILES string of the molecule is C=CC(CCCCCC)(CCCCCC)SC(=O)c1ccccc1. The largest absolute Gasteiger partial charge is 0.282 e. The van der Waals surface area contributed by atoms with Gasteiger partial charge in [0, 0.05) is 10.3 Å². The fraction of sp³-hybridized carbons (Fsp3) is 0.591. The van der Waals surface area contributed by atoms with Gasteiger partial charge in [-0.15, -0.1) is 6.58 Å². The molecule has 0 aliphatic heterocycles. The van der Waals surface area contributed by atoms with E-state index in [-0.39, 0.29) is 9.86 Å². The second kappa shape index (κ2) is 12.4. The summed E-state index contributed by atoms with van der Waals surface area (Å²) in [4.78, 5) is 12.7. The molecule has 1 aromatic carbocycles. The van der Waals surface area contributed by atoms with Crippen molar-refractivity contribution in [2.75, 3.05) is 0 Å². The topological polar surface area (TPSA) is 17.1 Å². The maximum Gasteiger partial charge on any atom is 0.220 e. The van der Waals surface area contributed by atoms with Gasteiger partial charge in [0.1, 0.15) is 0 Å². The Bertz CT molecular complexity index is 454. The van der Waals surface area contributed by atoms with Gasteiger partial charge >= 0.3 is 0 Å². The lowest BCUT2D eigenvalue weighted by Gasteiger charge is -2.29. The smallest absolute Gasteiger partial charge is 0.220 e. The van der Waals surface area contributed by atoms with Crippen LogP contribution in [0.3, 0.4) is 0 Å². The van der Waals surface area contributed by atoms with Gasteiger partial charge in [0.25, 0.3) is 0 Å². The van der Waals surface area contributed by atoms with Crippen LogP contribution >= 0.6 is 11.8 Å². The number of carbonyl (C=O) groups is 1. The summed E-state index contributed by atoms with van der Waals surface area (Å²) < 4.78 is -0.103. The highest BCUT2D eigenvalue weighted by atomic mass is 32.2. The molecule has 0 unspecified atom stereocenters. The predicted octanol–water partition coefficient (Wildman–Crippen LogP) is 7.43. The van der Waals surface area contributed by atoms with Gasteiger partial charge < -0.3 is 0 Å². The lowest BCUT2D eigenvalue weighted by atomic mass is 9.93. The summed E-state index contributed by atoms with van der Waals surface area (Å²) in [5.74, 6) is 0. The molecule has 0 saturated carbocycles. The van der Waals surface area contributed by atoms with E-state index in [4.69, 9.17) is 0 Å². The number of thioether (sulfide) groups is 1. The van der Waals surface area contributed by atoms with Crippen molar-refractivity contribution in [2.45, 2.75) is 82.8 Å². The van der Waals surface area contributed by atoms with E-state index in [1.165, 1.54) is 63.1 Å². The standard InChI is InChI=1S/C22H34OS/c1-4-7-9-14-18-22(6-3,19-15-10-8-5-2)24-21(23)20-16-12-11-13-17-20/h6,11-13,16-17H,3-5,7-10,14-15,18-19H2,1-2H3. The third-order valence-corrected chi connectivity index (χ3v) is 5.99. The zero-order chi connectivity index (χ0) is 17.7. The molecule has 0 saturated heterocycles. The summed E-state index contributed by atoms with van der Waals surface area (Å²) in [6.07, 6.45) is 14.1. The van der Waals surface area contributed by atoms with Gasteiger partial charge in [-0.2, -0.15) is 0 Å². The highest BCUT2D eigenvalue weighted by molar-refractivity contribution is 8.15. The van der Waals surface area contributed by atoms with E-state index in [0.29, 0.717) is 0 Å². The van der Waals surface area contributed by atoms with Crippen LogP contribution in [0.25, 0.3) is 0 Å². The molecule has 24 heavy (non-hydrogen) atoms. The molecule has 2 heteroatoms. The van der Waals surface area contributed by atoms with E-state index < -0.39 is 0 Å². The van der Waals surface area contributed by atoms with E-state index in [2.05, 4.69) is 26.5 Å². The van der Waals surface area contributed by atoms with Gasteiger partial charge in [0.2, 0.25) is 5.12 Å². The molecule has 0 radical (unpaired) electrons. The fourth-order valence-electron chi connectivity index (χ4n) is 2.99. The van der Waals surface area contributed by atoms with Crippen LogP contribution in [0.1, 0.15) is 88.4 Å². The summed E-state index contributed by atoms with van der Waals surface area (Å²) in [7, 11) is 0. The number of carbonyl (C=O) groups excluding carboxylic acids is 1. The van der Waals surface area contributed by atoms with Crippen molar-refractivity contribution in [3.05, 3.63) is 48.6 Å². The average molecular weight is 347 g/mol. The lowest BCUT2D eigenvalue weighted by molar-refractivity contribution is 0.108. The van der Waals surface area contributed by atoms with E-state index >= 15 is 0 Å². The van der Waals surface area contributed by atoms with E-state index in [9.17, 15) is 4.79 Å². The molecule has 0 bridgehead atoms. The van der Waals surface area contributed by atoms with E-state index in [0.717, 1.165) is 18.4 Å². The van der Waals surface area contributed by atoms with Crippen LogP contribution in [0.2, 0.25) is 0 Å². The van der Waals surface area contributed by atoms with Crippen molar-refractivity contribution in [2.24, 2.45) is 0 Å². The van der Waals surface area contributed by atoms with Gasteiger partial charge in [-0.3, -0.25) is 4.79 Å². The molecule has 0 atom stereocenters. The molecule has 134 valence electrons. The Labute approximate surface area is 153 Å². The Morgan fingerprint density at radius 1 is 0.958 bits per heavy atom. The maximum atomic E-state index is 12.7. The molecule has 0 aromatic heterocycles. The van der Waals surface area contributed by atoms with Crippen molar-refractivity contribution in [1.29, 1.82) is 0 Å².